The lowest BCUT2D eigenvalue weighted by atomic mass is 10.0. The van der Waals surface area contributed by atoms with E-state index in [9.17, 15) is 0 Å². The molecule has 2 rings (SSSR count). The average Bonchev–Trinajstić information content (AvgIpc) is 2.87. The zero-order valence-electron chi connectivity index (χ0n) is 11.1. The van der Waals surface area contributed by atoms with Crippen LogP contribution in [0, 0.1) is 0 Å². The van der Waals surface area contributed by atoms with E-state index in [1.807, 2.05) is 32.0 Å². The van der Waals surface area contributed by atoms with Crippen molar-refractivity contribution in [1.82, 2.24) is 24.9 Å². The van der Waals surface area contributed by atoms with Gasteiger partial charge in [0.1, 0.15) is 0 Å². The Balaban J connectivity index is 2.51. The number of hydrogen-bond donors (Lipinski definition) is 1. The van der Waals surface area contributed by atoms with Crippen molar-refractivity contribution >= 4 is 11.6 Å². The third-order valence-corrected chi connectivity index (χ3v) is 3.37. The standard InChI is InChI=1S/C12H18ClN5/c1-5-10-8(7-17(3)16-10)11(14-2)12-9(13)6-15-18(12)4/h6-7,11,14H,5H2,1-4H3. The maximum Gasteiger partial charge on any atom is 0.0837 e. The van der Waals surface area contributed by atoms with Gasteiger partial charge in [-0.25, -0.2) is 0 Å². The number of nitrogens with one attached hydrogen (secondary N) is 1. The monoisotopic (exact) mass is 267 g/mol. The first-order valence-corrected chi connectivity index (χ1v) is 6.33. The molecule has 0 aliphatic rings. The summed E-state index contributed by atoms with van der Waals surface area (Å²) in [5, 5.41) is 12.6. The van der Waals surface area contributed by atoms with Crippen molar-refractivity contribution in [1.29, 1.82) is 0 Å². The minimum Gasteiger partial charge on any atom is -0.308 e. The lowest BCUT2D eigenvalue weighted by Crippen LogP contribution is -2.21. The summed E-state index contributed by atoms with van der Waals surface area (Å²) in [6.07, 6.45) is 4.59. The molecule has 0 saturated carbocycles. The van der Waals surface area contributed by atoms with Gasteiger partial charge in [0.05, 0.1) is 28.6 Å². The molecular weight excluding hydrogens is 250 g/mol. The van der Waals surface area contributed by atoms with E-state index in [1.165, 1.54) is 0 Å². The van der Waals surface area contributed by atoms with Crippen molar-refractivity contribution in [2.45, 2.75) is 19.4 Å². The number of rotatable bonds is 4. The SMILES string of the molecule is CCc1nn(C)cc1C(NC)c1c(Cl)cnn1C. The van der Waals surface area contributed by atoms with Gasteiger partial charge in [0, 0.05) is 25.9 Å². The first kappa shape index (κ1) is 13.1. The van der Waals surface area contributed by atoms with Crippen LogP contribution in [0.25, 0.3) is 0 Å². The predicted molar refractivity (Wildman–Crippen MR) is 71.7 cm³/mol. The van der Waals surface area contributed by atoms with Crippen molar-refractivity contribution in [2.24, 2.45) is 14.1 Å². The molecule has 1 atom stereocenters. The number of nitrogens with zero attached hydrogens (tertiary/aromatic N) is 4. The van der Waals surface area contributed by atoms with Crippen LogP contribution in [-0.4, -0.2) is 26.6 Å². The lowest BCUT2D eigenvalue weighted by Gasteiger charge is -2.17. The fourth-order valence-electron chi connectivity index (χ4n) is 2.25. The Labute approximate surface area is 112 Å². The van der Waals surface area contributed by atoms with E-state index in [4.69, 9.17) is 11.6 Å². The van der Waals surface area contributed by atoms with E-state index in [0.717, 1.165) is 23.4 Å². The molecule has 2 aromatic heterocycles. The van der Waals surface area contributed by atoms with Gasteiger partial charge in [0.15, 0.2) is 0 Å². The molecule has 0 fully saturated rings. The van der Waals surface area contributed by atoms with Crippen molar-refractivity contribution in [3.63, 3.8) is 0 Å². The molecule has 0 aliphatic carbocycles. The summed E-state index contributed by atoms with van der Waals surface area (Å²) < 4.78 is 3.64. The maximum atomic E-state index is 6.22. The average molecular weight is 268 g/mol. The molecule has 98 valence electrons. The maximum absolute atomic E-state index is 6.22. The molecule has 6 heteroatoms. The summed E-state index contributed by atoms with van der Waals surface area (Å²) in [4.78, 5) is 0. The van der Waals surface area contributed by atoms with Crippen LogP contribution in [0.1, 0.15) is 29.9 Å². The summed E-state index contributed by atoms with van der Waals surface area (Å²) >= 11 is 6.22. The molecule has 0 spiro atoms. The Morgan fingerprint density at radius 3 is 2.67 bits per heavy atom. The van der Waals surface area contributed by atoms with Gasteiger partial charge < -0.3 is 5.32 Å². The van der Waals surface area contributed by atoms with Crippen LogP contribution in [0.3, 0.4) is 0 Å². The Morgan fingerprint density at radius 2 is 2.17 bits per heavy atom. The second kappa shape index (κ2) is 5.12. The smallest absolute Gasteiger partial charge is 0.0837 e. The Morgan fingerprint density at radius 1 is 1.44 bits per heavy atom. The highest BCUT2D eigenvalue weighted by Gasteiger charge is 2.23. The zero-order valence-corrected chi connectivity index (χ0v) is 11.9. The molecule has 0 aliphatic heterocycles. The molecule has 0 radical (unpaired) electrons. The van der Waals surface area contributed by atoms with Crippen LogP contribution in [0.4, 0.5) is 0 Å². The number of hydrogen-bond acceptors (Lipinski definition) is 3. The number of aryl methyl sites for hydroxylation is 3. The third kappa shape index (κ3) is 2.15. The minimum absolute atomic E-state index is 0.00801. The third-order valence-electron chi connectivity index (χ3n) is 3.08. The molecule has 0 amide bonds. The second-order valence-electron chi connectivity index (χ2n) is 4.28. The summed E-state index contributed by atoms with van der Waals surface area (Å²) in [7, 11) is 5.74. The minimum atomic E-state index is 0.00801. The van der Waals surface area contributed by atoms with Crippen LogP contribution in [0.15, 0.2) is 12.4 Å². The first-order valence-electron chi connectivity index (χ1n) is 5.95. The molecule has 1 unspecified atom stereocenters. The Kier molecular flexibility index (Phi) is 3.73. The highest BCUT2D eigenvalue weighted by Crippen LogP contribution is 2.29. The van der Waals surface area contributed by atoms with Gasteiger partial charge >= 0.3 is 0 Å². The highest BCUT2D eigenvalue weighted by atomic mass is 35.5. The van der Waals surface area contributed by atoms with Crippen molar-refractivity contribution in [3.05, 3.63) is 34.4 Å². The van der Waals surface area contributed by atoms with Crippen LogP contribution >= 0.6 is 11.6 Å². The second-order valence-corrected chi connectivity index (χ2v) is 4.69. The van der Waals surface area contributed by atoms with E-state index < -0.39 is 0 Å². The van der Waals surface area contributed by atoms with Gasteiger partial charge in [0.25, 0.3) is 0 Å². The van der Waals surface area contributed by atoms with Gasteiger partial charge in [0.2, 0.25) is 0 Å². The number of halogens is 1. The fourth-order valence-corrected chi connectivity index (χ4v) is 2.53. The summed E-state index contributed by atoms with van der Waals surface area (Å²) in [5.41, 5.74) is 3.18. The van der Waals surface area contributed by atoms with E-state index in [1.54, 1.807) is 10.9 Å². The van der Waals surface area contributed by atoms with Crippen LogP contribution < -0.4 is 5.32 Å². The van der Waals surface area contributed by atoms with E-state index >= 15 is 0 Å². The largest absolute Gasteiger partial charge is 0.308 e. The molecule has 0 bridgehead atoms. The summed E-state index contributed by atoms with van der Waals surface area (Å²) in [6, 6.07) is 0.00801. The van der Waals surface area contributed by atoms with Gasteiger partial charge in [-0.05, 0) is 13.5 Å². The first-order chi connectivity index (χ1) is 8.58. The quantitative estimate of drug-likeness (QED) is 0.917. The molecule has 18 heavy (non-hydrogen) atoms. The van der Waals surface area contributed by atoms with Crippen LogP contribution in [0.2, 0.25) is 5.02 Å². The van der Waals surface area contributed by atoms with E-state index in [-0.39, 0.29) is 6.04 Å². The number of aromatic nitrogens is 4. The highest BCUT2D eigenvalue weighted by molar-refractivity contribution is 6.31. The van der Waals surface area contributed by atoms with E-state index in [2.05, 4.69) is 22.4 Å². The zero-order chi connectivity index (χ0) is 13.3. The summed E-state index contributed by atoms with van der Waals surface area (Å²) in [5.74, 6) is 0. The molecule has 5 nitrogen and oxygen atoms in total. The van der Waals surface area contributed by atoms with Crippen molar-refractivity contribution in [3.8, 4) is 0 Å². The summed E-state index contributed by atoms with van der Waals surface area (Å²) in [6.45, 7) is 2.10. The Bertz CT molecular complexity index is 523. The molecule has 2 heterocycles. The van der Waals surface area contributed by atoms with Crippen molar-refractivity contribution < 1.29 is 0 Å². The molecule has 0 aromatic carbocycles. The molecular formula is C12H18ClN5. The molecule has 2 aromatic rings. The van der Waals surface area contributed by atoms with Gasteiger partial charge in [-0.15, -0.1) is 0 Å². The lowest BCUT2D eigenvalue weighted by molar-refractivity contribution is 0.602. The van der Waals surface area contributed by atoms with Gasteiger partial charge in [-0.3, -0.25) is 9.36 Å². The molecule has 1 N–H and O–H groups in total. The van der Waals surface area contributed by atoms with Crippen molar-refractivity contribution in [2.75, 3.05) is 7.05 Å². The topological polar surface area (TPSA) is 47.7 Å². The normalized spacial score (nSPS) is 12.9. The van der Waals surface area contributed by atoms with Crippen LogP contribution in [-0.2, 0) is 20.5 Å². The fraction of sp³-hybridized carbons (Fsp3) is 0.500. The van der Waals surface area contributed by atoms with Crippen LogP contribution in [0.5, 0.6) is 0 Å². The predicted octanol–water partition coefficient (Wildman–Crippen LogP) is 1.68. The van der Waals surface area contributed by atoms with Gasteiger partial charge in [-0.2, -0.15) is 10.2 Å². The molecule has 0 saturated heterocycles. The Hall–Kier alpha value is -1.33. The van der Waals surface area contributed by atoms with E-state index in [0.29, 0.717) is 5.02 Å². The van der Waals surface area contributed by atoms with Gasteiger partial charge in [-0.1, -0.05) is 18.5 Å².